The van der Waals surface area contributed by atoms with Crippen LogP contribution in [-0.2, 0) is 14.8 Å². The fourth-order valence-corrected chi connectivity index (χ4v) is 2.11. The van der Waals surface area contributed by atoms with E-state index in [1.165, 1.54) is 0 Å². The molecule has 0 heterocycles. The average molecular weight is 272 g/mol. The molecule has 0 saturated carbocycles. The zero-order valence-electron chi connectivity index (χ0n) is 10.4. The Morgan fingerprint density at radius 2 is 1.78 bits per heavy atom. The Balaban J connectivity index is 3.04. The van der Waals surface area contributed by atoms with Crippen molar-refractivity contribution in [1.82, 2.24) is 4.72 Å². The van der Waals surface area contributed by atoms with Crippen molar-refractivity contribution in [3.8, 4) is 0 Å². The van der Waals surface area contributed by atoms with Crippen molar-refractivity contribution in [2.45, 2.75) is 6.04 Å². The first-order valence-corrected chi connectivity index (χ1v) is 7.07. The standard InChI is InChI=1S/C11H16N2O4S/c1-13(2)9-6-4-8(5-7-9)10(11(14)15)12-18(3,16)17/h4-7,10,12H,1-3H3,(H,14,15). The summed E-state index contributed by atoms with van der Waals surface area (Å²) in [6.07, 6.45) is 0.928. The predicted octanol–water partition coefficient (Wildman–Crippen LogP) is 0.427. The summed E-state index contributed by atoms with van der Waals surface area (Å²) in [7, 11) is 0.135. The number of nitrogens with zero attached hydrogens (tertiary/aromatic N) is 1. The molecule has 0 aliphatic carbocycles. The van der Waals surface area contributed by atoms with Gasteiger partial charge in [0, 0.05) is 19.8 Å². The van der Waals surface area contributed by atoms with Crippen molar-refractivity contribution < 1.29 is 18.3 Å². The molecular formula is C11H16N2O4S. The second-order valence-corrected chi connectivity index (χ2v) is 5.93. The summed E-state index contributed by atoms with van der Waals surface area (Å²) in [5, 5.41) is 9.03. The van der Waals surface area contributed by atoms with Crippen LogP contribution in [0.25, 0.3) is 0 Å². The fraction of sp³-hybridized carbons (Fsp3) is 0.364. The normalized spacial score (nSPS) is 13.1. The minimum absolute atomic E-state index is 0.388. The quantitative estimate of drug-likeness (QED) is 0.811. The molecule has 1 atom stereocenters. The number of nitrogens with one attached hydrogen (secondary N) is 1. The number of benzene rings is 1. The minimum atomic E-state index is -3.58. The topological polar surface area (TPSA) is 86.7 Å². The summed E-state index contributed by atoms with van der Waals surface area (Å²) in [4.78, 5) is 12.9. The second kappa shape index (κ2) is 5.36. The Bertz CT molecular complexity index is 522. The van der Waals surface area contributed by atoms with E-state index in [-0.39, 0.29) is 0 Å². The van der Waals surface area contributed by atoms with E-state index in [0.717, 1.165) is 11.9 Å². The predicted molar refractivity (Wildman–Crippen MR) is 69.1 cm³/mol. The van der Waals surface area contributed by atoms with Gasteiger partial charge in [-0.25, -0.2) is 8.42 Å². The lowest BCUT2D eigenvalue weighted by molar-refractivity contribution is -0.139. The lowest BCUT2D eigenvalue weighted by atomic mass is 10.1. The molecule has 0 aliphatic heterocycles. The van der Waals surface area contributed by atoms with Crippen LogP contribution < -0.4 is 9.62 Å². The molecule has 6 nitrogen and oxygen atoms in total. The Hall–Kier alpha value is -1.60. The van der Waals surface area contributed by atoms with Gasteiger partial charge in [-0.15, -0.1) is 0 Å². The van der Waals surface area contributed by atoms with Gasteiger partial charge in [-0.1, -0.05) is 12.1 Å². The van der Waals surface area contributed by atoms with Gasteiger partial charge < -0.3 is 10.0 Å². The van der Waals surface area contributed by atoms with Crippen LogP contribution in [0.4, 0.5) is 5.69 Å². The van der Waals surface area contributed by atoms with Gasteiger partial charge in [0.1, 0.15) is 6.04 Å². The highest BCUT2D eigenvalue weighted by molar-refractivity contribution is 7.88. The van der Waals surface area contributed by atoms with Crippen molar-refractivity contribution in [3.63, 3.8) is 0 Å². The van der Waals surface area contributed by atoms with Gasteiger partial charge in [0.05, 0.1) is 6.26 Å². The van der Waals surface area contributed by atoms with Gasteiger partial charge in [-0.05, 0) is 17.7 Å². The summed E-state index contributed by atoms with van der Waals surface area (Å²) in [6, 6.07) is 5.37. The number of carboxylic acid groups (broad SMARTS) is 1. The highest BCUT2D eigenvalue weighted by Gasteiger charge is 2.23. The van der Waals surface area contributed by atoms with E-state index < -0.39 is 22.0 Å². The third-order valence-electron chi connectivity index (χ3n) is 2.32. The summed E-state index contributed by atoms with van der Waals surface area (Å²) in [5.41, 5.74) is 1.29. The number of aliphatic carboxylic acids is 1. The molecule has 100 valence electrons. The van der Waals surface area contributed by atoms with E-state index in [9.17, 15) is 13.2 Å². The molecule has 7 heteroatoms. The third-order valence-corrected chi connectivity index (χ3v) is 2.99. The number of carboxylic acids is 1. The van der Waals surface area contributed by atoms with Crippen molar-refractivity contribution >= 4 is 21.7 Å². The lowest BCUT2D eigenvalue weighted by Gasteiger charge is -2.16. The van der Waals surface area contributed by atoms with Crippen LogP contribution in [-0.4, -0.2) is 39.8 Å². The molecule has 0 amide bonds. The zero-order valence-corrected chi connectivity index (χ0v) is 11.2. The molecule has 0 aliphatic rings. The molecule has 0 radical (unpaired) electrons. The van der Waals surface area contributed by atoms with Gasteiger partial charge in [0.15, 0.2) is 0 Å². The Morgan fingerprint density at radius 3 is 2.11 bits per heavy atom. The number of hydrogen-bond acceptors (Lipinski definition) is 4. The summed E-state index contributed by atoms with van der Waals surface area (Å²) < 4.78 is 24.3. The molecule has 1 rings (SSSR count). The van der Waals surface area contributed by atoms with Gasteiger partial charge in [0.25, 0.3) is 0 Å². The van der Waals surface area contributed by atoms with Gasteiger partial charge in [0.2, 0.25) is 10.0 Å². The highest BCUT2D eigenvalue weighted by atomic mass is 32.2. The molecule has 1 aromatic carbocycles. The molecular weight excluding hydrogens is 256 g/mol. The maximum atomic E-state index is 11.1. The number of hydrogen-bond donors (Lipinski definition) is 2. The lowest BCUT2D eigenvalue weighted by Crippen LogP contribution is -2.32. The van der Waals surface area contributed by atoms with Crippen LogP contribution in [0.3, 0.4) is 0 Å². The number of rotatable bonds is 5. The average Bonchev–Trinajstić information content (AvgIpc) is 2.24. The Kier molecular flexibility index (Phi) is 4.31. The van der Waals surface area contributed by atoms with Crippen molar-refractivity contribution in [3.05, 3.63) is 29.8 Å². The van der Waals surface area contributed by atoms with E-state index in [1.807, 2.05) is 19.0 Å². The zero-order chi connectivity index (χ0) is 13.9. The number of carbonyl (C=O) groups is 1. The SMILES string of the molecule is CN(C)c1ccc(C(NS(C)(=O)=O)C(=O)O)cc1. The van der Waals surface area contributed by atoms with E-state index >= 15 is 0 Å². The molecule has 0 saturated heterocycles. The molecule has 1 aromatic rings. The molecule has 0 spiro atoms. The molecule has 0 aromatic heterocycles. The Labute approximate surface area is 106 Å². The van der Waals surface area contributed by atoms with Gasteiger partial charge >= 0.3 is 5.97 Å². The highest BCUT2D eigenvalue weighted by Crippen LogP contribution is 2.18. The first kappa shape index (κ1) is 14.5. The van der Waals surface area contributed by atoms with Crippen LogP contribution in [0.1, 0.15) is 11.6 Å². The first-order valence-electron chi connectivity index (χ1n) is 5.18. The van der Waals surface area contributed by atoms with Crippen LogP contribution in [0.15, 0.2) is 24.3 Å². The minimum Gasteiger partial charge on any atom is -0.480 e. The van der Waals surface area contributed by atoms with Crippen LogP contribution in [0.2, 0.25) is 0 Å². The van der Waals surface area contributed by atoms with Gasteiger partial charge in [-0.2, -0.15) is 4.72 Å². The summed E-state index contributed by atoms with van der Waals surface area (Å²) in [5.74, 6) is -1.24. The largest absolute Gasteiger partial charge is 0.480 e. The maximum absolute atomic E-state index is 11.1. The molecule has 1 unspecified atom stereocenters. The second-order valence-electron chi connectivity index (χ2n) is 4.15. The smallest absolute Gasteiger partial charge is 0.326 e. The van der Waals surface area contributed by atoms with E-state index in [1.54, 1.807) is 24.3 Å². The third kappa shape index (κ3) is 4.01. The van der Waals surface area contributed by atoms with Crippen LogP contribution in [0.5, 0.6) is 0 Å². The molecule has 2 N–H and O–H groups in total. The molecule has 0 bridgehead atoms. The van der Waals surface area contributed by atoms with Crippen LogP contribution >= 0.6 is 0 Å². The van der Waals surface area contributed by atoms with E-state index in [2.05, 4.69) is 4.72 Å². The molecule has 0 fully saturated rings. The number of sulfonamides is 1. The first-order chi connectivity index (χ1) is 8.20. The monoisotopic (exact) mass is 272 g/mol. The summed E-state index contributed by atoms with van der Waals surface area (Å²) in [6.45, 7) is 0. The maximum Gasteiger partial charge on any atom is 0.326 e. The van der Waals surface area contributed by atoms with Gasteiger partial charge in [-0.3, -0.25) is 4.79 Å². The van der Waals surface area contributed by atoms with Crippen LogP contribution in [0, 0.1) is 0 Å². The van der Waals surface area contributed by atoms with E-state index in [4.69, 9.17) is 5.11 Å². The Morgan fingerprint density at radius 1 is 1.28 bits per heavy atom. The van der Waals surface area contributed by atoms with Crippen molar-refractivity contribution in [1.29, 1.82) is 0 Å². The van der Waals surface area contributed by atoms with Crippen molar-refractivity contribution in [2.75, 3.05) is 25.3 Å². The fourth-order valence-electron chi connectivity index (χ4n) is 1.44. The summed E-state index contributed by atoms with van der Waals surface area (Å²) >= 11 is 0. The number of anilines is 1. The van der Waals surface area contributed by atoms with E-state index in [0.29, 0.717) is 5.56 Å². The molecule has 18 heavy (non-hydrogen) atoms. The van der Waals surface area contributed by atoms with Crippen molar-refractivity contribution in [2.24, 2.45) is 0 Å².